The van der Waals surface area contributed by atoms with Crippen LogP contribution in [0.15, 0.2) is 22.1 Å². The topological polar surface area (TPSA) is 75.4 Å². The van der Waals surface area contributed by atoms with Crippen molar-refractivity contribution >= 4 is 23.3 Å². The number of aliphatic hydroxyl groups is 1. The Morgan fingerprint density at radius 2 is 2.47 bits per heavy atom. The maximum Gasteiger partial charge on any atom is 0.301 e. The Kier molecular flexibility index (Phi) is 4.34. The molecule has 1 amide bonds. The molecule has 2 aromatic rings. The Morgan fingerprint density at radius 3 is 3.16 bits per heavy atom. The second kappa shape index (κ2) is 6.18. The quantitative estimate of drug-likeness (QED) is 0.841. The highest BCUT2D eigenvalue weighted by Crippen LogP contribution is 2.18. The number of hydrogen-bond acceptors (Lipinski definition) is 5. The summed E-state index contributed by atoms with van der Waals surface area (Å²) in [6, 6.07) is 1.94. The van der Waals surface area contributed by atoms with Crippen LogP contribution in [0.4, 0.5) is 6.01 Å². The predicted octanol–water partition coefficient (Wildman–Crippen LogP) is 2.03. The number of thiophene rings is 1. The minimum atomic E-state index is -0.301. The second-order valence-electron chi connectivity index (χ2n) is 3.69. The van der Waals surface area contributed by atoms with Crippen LogP contribution in [0, 0.1) is 18.8 Å². The van der Waals surface area contributed by atoms with Gasteiger partial charge in [-0.25, -0.2) is 0 Å². The third-order valence-electron chi connectivity index (χ3n) is 2.17. The van der Waals surface area contributed by atoms with Crippen LogP contribution in [0.3, 0.4) is 0 Å². The zero-order chi connectivity index (χ0) is 13.7. The van der Waals surface area contributed by atoms with Gasteiger partial charge in [0.05, 0.1) is 12.3 Å². The number of carbonyl (C=O) groups is 1. The molecule has 0 saturated heterocycles. The van der Waals surface area contributed by atoms with Gasteiger partial charge in [0.15, 0.2) is 0 Å². The van der Waals surface area contributed by atoms with Crippen LogP contribution in [0.2, 0.25) is 0 Å². The first-order valence-electron chi connectivity index (χ1n) is 5.61. The molecule has 0 saturated carbocycles. The van der Waals surface area contributed by atoms with E-state index in [2.05, 4.69) is 22.1 Å². The molecule has 98 valence electrons. The summed E-state index contributed by atoms with van der Waals surface area (Å²) in [7, 11) is 0. The Morgan fingerprint density at radius 1 is 1.63 bits per heavy atom. The summed E-state index contributed by atoms with van der Waals surface area (Å²) in [6.45, 7) is 1.78. The number of anilines is 1. The third-order valence-corrected chi connectivity index (χ3v) is 3.08. The number of nitrogens with zero attached hydrogens (tertiary/aromatic N) is 1. The Hall–Kier alpha value is -2.10. The summed E-state index contributed by atoms with van der Waals surface area (Å²) in [4.78, 5) is 16.5. The Labute approximate surface area is 114 Å². The highest BCUT2D eigenvalue weighted by molar-refractivity contribution is 7.12. The van der Waals surface area contributed by atoms with Crippen molar-refractivity contribution < 1.29 is 14.3 Å². The van der Waals surface area contributed by atoms with Crippen LogP contribution in [-0.2, 0) is 0 Å². The molecule has 0 aliphatic carbocycles. The standard InChI is InChI=1S/C13H12N2O3S/c1-9-8-18-13(14-9)15-12(17)11-10(5-7-19-11)4-2-3-6-16/h5,7-8,16H,3,6H2,1H3,(H,14,15,17). The summed E-state index contributed by atoms with van der Waals surface area (Å²) >= 11 is 1.30. The SMILES string of the molecule is Cc1coc(NC(=O)c2sccc2C#CCCO)n1. The van der Waals surface area contributed by atoms with Gasteiger partial charge >= 0.3 is 6.01 Å². The lowest BCUT2D eigenvalue weighted by atomic mass is 10.2. The van der Waals surface area contributed by atoms with Crippen LogP contribution in [0.5, 0.6) is 0 Å². The van der Waals surface area contributed by atoms with Gasteiger partial charge in [-0.15, -0.1) is 11.3 Å². The fraction of sp³-hybridized carbons (Fsp3) is 0.231. The van der Waals surface area contributed by atoms with Crippen LogP contribution >= 0.6 is 11.3 Å². The molecule has 2 N–H and O–H groups in total. The normalized spacial score (nSPS) is 9.79. The molecular formula is C13H12N2O3S. The molecule has 0 atom stereocenters. The third kappa shape index (κ3) is 3.44. The molecule has 19 heavy (non-hydrogen) atoms. The molecule has 2 aromatic heterocycles. The molecule has 0 radical (unpaired) electrons. The molecule has 0 unspecified atom stereocenters. The van der Waals surface area contributed by atoms with Crippen LogP contribution in [-0.4, -0.2) is 22.6 Å². The largest absolute Gasteiger partial charge is 0.432 e. The molecule has 0 aliphatic rings. The minimum absolute atomic E-state index is 0.00819. The number of carbonyl (C=O) groups excluding carboxylic acids is 1. The van der Waals surface area contributed by atoms with E-state index < -0.39 is 0 Å². The van der Waals surface area contributed by atoms with E-state index in [0.717, 1.165) is 0 Å². The van der Waals surface area contributed by atoms with Gasteiger partial charge < -0.3 is 9.52 Å². The summed E-state index contributed by atoms with van der Waals surface area (Å²) in [5.41, 5.74) is 1.34. The van der Waals surface area contributed by atoms with Gasteiger partial charge in [0.2, 0.25) is 0 Å². The van der Waals surface area contributed by atoms with Crippen molar-refractivity contribution in [3.63, 3.8) is 0 Å². The highest BCUT2D eigenvalue weighted by Gasteiger charge is 2.14. The minimum Gasteiger partial charge on any atom is -0.432 e. The van der Waals surface area contributed by atoms with Crippen molar-refractivity contribution in [1.82, 2.24) is 4.98 Å². The first-order valence-corrected chi connectivity index (χ1v) is 6.49. The molecule has 0 fully saturated rings. The molecule has 0 spiro atoms. The van der Waals surface area contributed by atoms with Gasteiger partial charge in [-0.05, 0) is 18.4 Å². The number of aromatic nitrogens is 1. The molecule has 0 bridgehead atoms. The molecule has 5 nitrogen and oxygen atoms in total. The Bertz CT molecular complexity index is 634. The van der Waals surface area contributed by atoms with Crippen molar-refractivity contribution in [3.8, 4) is 11.8 Å². The van der Waals surface area contributed by atoms with Gasteiger partial charge in [-0.2, -0.15) is 4.98 Å². The van der Waals surface area contributed by atoms with Gasteiger partial charge in [-0.3, -0.25) is 10.1 Å². The van der Waals surface area contributed by atoms with E-state index in [0.29, 0.717) is 22.6 Å². The molecule has 2 heterocycles. The summed E-state index contributed by atoms with van der Waals surface area (Å²) in [5.74, 6) is 5.34. The van der Waals surface area contributed by atoms with Crippen molar-refractivity contribution in [3.05, 3.63) is 33.8 Å². The summed E-state index contributed by atoms with van der Waals surface area (Å²) in [5, 5.41) is 13.0. The number of aliphatic hydroxyl groups excluding tert-OH is 1. The Balaban J connectivity index is 2.12. The molecular weight excluding hydrogens is 264 g/mol. The predicted molar refractivity (Wildman–Crippen MR) is 72.1 cm³/mol. The van der Waals surface area contributed by atoms with E-state index in [-0.39, 0.29) is 18.5 Å². The summed E-state index contributed by atoms with van der Waals surface area (Å²) < 4.78 is 5.06. The number of aryl methyl sites for hydroxylation is 1. The van der Waals surface area contributed by atoms with E-state index >= 15 is 0 Å². The second-order valence-corrected chi connectivity index (χ2v) is 4.60. The van der Waals surface area contributed by atoms with Crippen LogP contribution in [0.25, 0.3) is 0 Å². The fourth-order valence-electron chi connectivity index (χ4n) is 1.36. The van der Waals surface area contributed by atoms with Gasteiger partial charge in [0, 0.05) is 12.0 Å². The number of nitrogens with one attached hydrogen (secondary N) is 1. The lowest BCUT2D eigenvalue weighted by molar-refractivity contribution is 0.102. The van der Waals surface area contributed by atoms with E-state index in [4.69, 9.17) is 9.52 Å². The van der Waals surface area contributed by atoms with Crippen molar-refractivity contribution in [2.75, 3.05) is 11.9 Å². The van der Waals surface area contributed by atoms with Gasteiger partial charge in [0.1, 0.15) is 11.1 Å². The summed E-state index contributed by atoms with van der Waals surface area (Å²) in [6.07, 6.45) is 1.85. The van der Waals surface area contributed by atoms with Crippen molar-refractivity contribution in [2.45, 2.75) is 13.3 Å². The lowest BCUT2D eigenvalue weighted by Gasteiger charge is -1.98. The fourth-order valence-corrected chi connectivity index (χ4v) is 2.11. The zero-order valence-corrected chi connectivity index (χ0v) is 11.1. The maximum absolute atomic E-state index is 12.0. The van der Waals surface area contributed by atoms with E-state index in [1.54, 1.807) is 18.4 Å². The molecule has 0 aromatic carbocycles. The first-order chi connectivity index (χ1) is 9.20. The van der Waals surface area contributed by atoms with Gasteiger partial charge in [-0.1, -0.05) is 11.8 Å². The van der Waals surface area contributed by atoms with Crippen molar-refractivity contribution in [1.29, 1.82) is 0 Å². The average molecular weight is 276 g/mol. The zero-order valence-electron chi connectivity index (χ0n) is 10.3. The monoisotopic (exact) mass is 276 g/mol. The van der Waals surface area contributed by atoms with Crippen LogP contribution < -0.4 is 5.32 Å². The molecule has 2 rings (SSSR count). The van der Waals surface area contributed by atoms with Crippen molar-refractivity contribution in [2.24, 2.45) is 0 Å². The average Bonchev–Trinajstić information content (AvgIpc) is 2.99. The van der Waals surface area contributed by atoms with E-state index in [9.17, 15) is 4.79 Å². The maximum atomic E-state index is 12.0. The highest BCUT2D eigenvalue weighted by atomic mass is 32.1. The first kappa shape index (κ1) is 13.3. The smallest absolute Gasteiger partial charge is 0.301 e. The lowest BCUT2D eigenvalue weighted by Crippen LogP contribution is -2.11. The number of hydrogen-bond donors (Lipinski definition) is 2. The number of rotatable bonds is 3. The number of oxazole rings is 1. The molecule has 6 heteroatoms. The number of amides is 1. The van der Waals surface area contributed by atoms with E-state index in [1.165, 1.54) is 17.6 Å². The van der Waals surface area contributed by atoms with Crippen LogP contribution in [0.1, 0.15) is 27.3 Å². The van der Waals surface area contributed by atoms with Gasteiger partial charge in [0.25, 0.3) is 5.91 Å². The van der Waals surface area contributed by atoms with E-state index in [1.807, 2.05) is 0 Å². The molecule has 0 aliphatic heterocycles.